The Kier molecular flexibility index (Phi) is 9.75. The lowest BCUT2D eigenvalue weighted by atomic mass is 9.87. The number of hydrogen-bond acceptors (Lipinski definition) is 0. The average molecular weight is 749 g/mol. The van der Waals surface area contributed by atoms with Crippen LogP contribution in [0.15, 0.2) is 255 Å². The predicted molar refractivity (Wildman–Crippen MR) is 244 cm³/mol. The van der Waals surface area contributed by atoms with Crippen LogP contribution in [0.25, 0.3) is 5.57 Å². The molecular weight excluding hydrogens is 705 g/mol. The van der Waals surface area contributed by atoms with Gasteiger partial charge in [-0.2, -0.15) is 0 Å². The van der Waals surface area contributed by atoms with E-state index >= 15 is 0 Å². The van der Waals surface area contributed by atoms with Gasteiger partial charge >= 0.3 is 0 Å². The Hall–Kier alpha value is -6.33. The first-order chi connectivity index (χ1) is 27.8. The maximum absolute atomic E-state index is 2.82. The fraction of sp³-hybridized carbons (Fsp3) is 0.0370. The molecule has 268 valence electrons. The van der Waals surface area contributed by atoms with Crippen LogP contribution in [-0.2, 0) is 5.04 Å². The van der Waals surface area contributed by atoms with E-state index in [1.54, 1.807) is 0 Å². The monoisotopic (exact) mass is 748 g/mol. The molecule has 0 nitrogen and oxygen atoms in total. The molecule has 1 aliphatic carbocycles. The van der Waals surface area contributed by atoms with Crippen molar-refractivity contribution in [2.24, 2.45) is 0 Å². The molecule has 1 aliphatic rings. The molecule has 0 amide bonds. The Balaban J connectivity index is 1.21. The molecule has 2 heteroatoms. The highest BCUT2D eigenvalue weighted by molar-refractivity contribution is 7.20. The second-order valence-electron chi connectivity index (χ2n) is 14.8. The predicted octanol–water partition coefficient (Wildman–Crippen LogP) is 8.05. The highest BCUT2D eigenvalue weighted by Crippen LogP contribution is 2.43. The van der Waals surface area contributed by atoms with Crippen LogP contribution in [0, 0.1) is 0 Å². The zero-order valence-corrected chi connectivity index (χ0v) is 33.5. The van der Waals surface area contributed by atoms with E-state index in [2.05, 4.69) is 255 Å². The Morgan fingerprint density at radius 3 is 0.982 bits per heavy atom. The summed E-state index contributed by atoms with van der Waals surface area (Å²) in [4.78, 5) is 0. The summed E-state index contributed by atoms with van der Waals surface area (Å²) < 4.78 is 0. The van der Waals surface area contributed by atoms with E-state index in [1.807, 2.05) is 0 Å². The second-order valence-corrected chi connectivity index (χ2v) is 22.7. The molecule has 0 aromatic heterocycles. The fourth-order valence-electron chi connectivity index (χ4n) is 9.61. The Morgan fingerprint density at radius 2 is 0.643 bits per heavy atom. The molecular formula is C54H44Si2. The van der Waals surface area contributed by atoms with Gasteiger partial charge < -0.3 is 0 Å². The molecule has 0 saturated heterocycles. The maximum Gasteiger partial charge on any atom is 0.179 e. The van der Waals surface area contributed by atoms with Crippen LogP contribution in [0.2, 0.25) is 0 Å². The van der Waals surface area contributed by atoms with Crippen molar-refractivity contribution in [3.63, 3.8) is 0 Å². The van der Waals surface area contributed by atoms with Crippen molar-refractivity contribution in [3.05, 3.63) is 266 Å². The smallest absolute Gasteiger partial charge is 0.0757 e. The van der Waals surface area contributed by atoms with Gasteiger partial charge in [-0.15, -0.1) is 0 Å². The van der Waals surface area contributed by atoms with E-state index in [0.717, 1.165) is 6.42 Å². The molecule has 0 spiro atoms. The normalized spacial score (nSPS) is 15.5. The lowest BCUT2D eigenvalue weighted by Gasteiger charge is -2.50. The molecule has 1 unspecified atom stereocenters. The van der Waals surface area contributed by atoms with Crippen molar-refractivity contribution < 1.29 is 0 Å². The minimum atomic E-state index is -2.82. The van der Waals surface area contributed by atoms with Gasteiger partial charge in [-0.1, -0.05) is 255 Å². The molecule has 9 rings (SSSR count). The third-order valence-electron chi connectivity index (χ3n) is 12.0. The summed E-state index contributed by atoms with van der Waals surface area (Å²) in [6.07, 6.45) is 8.42. The number of hydrogen-bond donors (Lipinski definition) is 0. The van der Waals surface area contributed by atoms with Crippen LogP contribution in [0.4, 0.5) is 0 Å². The highest BCUT2D eigenvalue weighted by Gasteiger charge is 2.56. The molecule has 0 N–H and O–H groups in total. The van der Waals surface area contributed by atoms with Crippen LogP contribution in [-0.4, -0.2) is 16.1 Å². The van der Waals surface area contributed by atoms with E-state index in [0.29, 0.717) is 0 Å². The van der Waals surface area contributed by atoms with Crippen molar-refractivity contribution in [2.45, 2.75) is 11.5 Å². The van der Waals surface area contributed by atoms with Crippen LogP contribution in [0.1, 0.15) is 17.5 Å². The molecule has 0 radical (unpaired) electrons. The highest BCUT2D eigenvalue weighted by atomic mass is 28.3. The van der Waals surface area contributed by atoms with Crippen molar-refractivity contribution in [3.8, 4) is 0 Å². The first kappa shape index (κ1) is 35.4. The van der Waals surface area contributed by atoms with Crippen LogP contribution in [0.3, 0.4) is 0 Å². The molecule has 8 aromatic rings. The summed E-state index contributed by atoms with van der Waals surface area (Å²) in [6.45, 7) is 0. The first-order valence-corrected chi connectivity index (χ1v) is 23.7. The zero-order chi connectivity index (χ0) is 37.7. The molecule has 56 heavy (non-hydrogen) atoms. The van der Waals surface area contributed by atoms with Crippen molar-refractivity contribution >= 4 is 58.0 Å². The van der Waals surface area contributed by atoms with E-state index in [-0.39, 0.29) is 5.04 Å². The van der Waals surface area contributed by atoms with Crippen molar-refractivity contribution in [2.75, 3.05) is 0 Å². The summed E-state index contributed by atoms with van der Waals surface area (Å²) in [6, 6.07) is 88.5. The summed E-state index contributed by atoms with van der Waals surface area (Å²) >= 11 is 0. The van der Waals surface area contributed by atoms with Gasteiger partial charge in [0, 0.05) is 5.04 Å². The largest absolute Gasteiger partial charge is 0.179 e. The average Bonchev–Trinajstić information content (AvgIpc) is 3.30. The summed E-state index contributed by atoms with van der Waals surface area (Å²) in [5.41, 5.74) is 3.87. The second kappa shape index (κ2) is 15.4. The lowest BCUT2D eigenvalue weighted by molar-refractivity contribution is 0.738. The fourth-order valence-corrected chi connectivity index (χ4v) is 20.3. The SMILES string of the molecule is C1=CC(c2ccccc2)([Si](c2ccccc2)(c2ccccc2)c2ccccc2)CC=C1c1ccc([Si](c2ccccc2)(c2ccccc2)c2ccccc2)cc1. The van der Waals surface area contributed by atoms with Gasteiger partial charge in [0.2, 0.25) is 0 Å². The Bertz CT molecular complexity index is 2360. The summed E-state index contributed by atoms with van der Waals surface area (Å²) in [7, 11) is -5.43. The van der Waals surface area contributed by atoms with Crippen molar-refractivity contribution in [1.82, 2.24) is 0 Å². The van der Waals surface area contributed by atoms with E-state index in [4.69, 9.17) is 0 Å². The molecule has 0 bridgehead atoms. The van der Waals surface area contributed by atoms with E-state index in [1.165, 1.54) is 53.0 Å². The van der Waals surface area contributed by atoms with Gasteiger partial charge in [-0.05, 0) is 59.4 Å². The molecule has 0 fully saturated rings. The number of allylic oxidation sites excluding steroid dienone is 4. The van der Waals surface area contributed by atoms with Crippen LogP contribution in [0.5, 0.6) is 0 Å². The third kappa shape index (κ3) is 5.90. The van der Waals surface area contributed by atoms with Gasteiger partial charge in [0.15, 0.2) is 16.1 Å². The Morgan fingerprint density at radius 1 is 0.321 bits per heavy atom. The topological polar surface area (TPSA) is 0 Å². The molecule has 8 aromatic carbocycles. The minimum absolute atomic E-state index is 0.294. The standard InChI is InChI=1S/C54H44Si2/c1-8-22-46(23-9-1)54(56(51-30-16-5-17-31-51,52-32-18-6-19-33-52)53-34-20-7-21-35-53)42-40-45(41-43-54)44-36-38-50(39-37-44)55(47-24-10-2-11-25-47,48-26-12-3-13-27-48)49-28-14-4-15-29-49/h1-42H,43H2. The molecule has 0 saturated carbocycles. The van der Waals surface area contributed by atoms with E-state index in [9.17, 15) is 0 Å². The molecule has 0 heterocycles. The van der Waals surface area contributed by atoms with Crippen molar-refractivity contribution in [1.29, 1.82) is 0 Å². The maximum atomic E-state index is 2.59. The quantitative estimate of drug-likeness (QED) is 0.0982. The lowest BCUT2D eigenvalue weighted by Crippen LogP contribution is -2.78. The Labute approximate surface area is 333 Å². The van der Waals surface area contributed by atoms with Gasteiger partial charge in [0.1, 0.15) is 0 Å². The summed E-state index contributed by atoms with van der Waals surface area (Å²) in [5.74, 6) is 0. The molecule has 0 aliphatic heterocycles. The first-order valence-electron chi connectivity index (χ1n) is 19.7. The van der Waals surface area contributed by atoms with Gasteiger partial charge in [-0.3, -0.25) is 0 Å². The number of benzene rings is 8. The summed E-state index contributed by atoms with van der Waals surface area (Å²) in [5, 5.41) is 9.49. The van der Waals surface area contributed by atoms with Crippen LogP contribution < -0.4 is 36.3 Å². The number of rotatable bonds is 10. The third-order valence-corrected chi connectivity index (χ3v) is 22.4. The van der Waals surface area contributed by atoms with Gasteiger partial charge in [-0.25, -0.2) is 0 Å². The minimum Gasteiger partial charge on any atom is -0.0757 e. The van der Waals surface area contributed by atoms with E-state index < -0.39 is 16.1 Å². The zero-order valence-electron chi connectivity index (χ0n) is 31.5. The van der Waals surface area contributed by atoms with Crippen LogP contribution >= 0.6 is 0 Å². The molecule has 1 atom stereocenters. The van der Waals surface area contributed by atoms with Gasteiger partial charge in [0.25, 0.3) is 0 Å². The van der Waals surface area contributed by atoms with Gasteiger partial charge in [0.05, 0.1) is 0 Å².